The molecule has 1 aromatic carbocycles. The van der Waals surface area contributed by atoms with Crippen LogP contribution in [0.2, 0.25) is 0 Å². The van der Waals surface area contributed by atoms with Crippen molar-refractivity contribution in [2.75, 3.05) is 5.32 Å². The number of carbonyl (C=O) groups excluding carboxylic acids is 1. The summed E-state index contributed by atoms with van der Waals surface area (Å²) in [7, 11) is 0. The summed E-state index contributed by atoms with van der Waals surface area (Å²) in [4.78, 5) is 17.8. The number of nitrogens with zero attached hydrogens (tertiary/aromatic N) is 2. The molecule has 1 N–H and O–H groups in total. The largest absolute Gasteiger partial charge is 0.324 e. The van der Waals surface area contributed by atoms with E-state index in [1.54, 1.807) is 28.8 Å². The quantitative estimate of drug-likeness (QED) is 0.547. The van der Waals surface area contributed by atoms with Crippen LogP contribution in [0.1, 0.15) is 10.5 Å². The monoisotopic (exact) mass is 369 g/mol. The lowest BCUT2D eigenvalue weighted by atomic mass is 10.2. The number of rotatable bonds is 4. The molecule has 4 nitrogen and oxygen atoms in total. The van der Waals surface area contributed by atoms with Gasteiger partial charge >= 0.3 is 0 Å². The Morgan fingerprint density at radius 1 is 1.12 bits per heavy atom. The standard InChI is InChI=1S/C18H12FN3OS2/c19-13-6-5-12(22-7-1-2-8-22)10-14(13)20-17(23)15-11-25-18(21-15)16-4-3-9-24-16/h1-11H,(H,20,23). The van der Waals surface area contributed by atoms with Crippen molar-refractivity contribution < 1.29 is 9.18 Å². The van der Waals surface area contributed by atoms with E-state index in [1.165, 1.54) is 17.4 Å². The van der Waals surface area contributed by atoms with E-state index in [9.17, 15) is 9.18 Å². The minimum absolute atomic E-state index is 0.127. The van der Waals surface area contributed by atoms with E-state index in [-0.39, 0.29) is 11.4 Å². The fourth-order valence-corrected chi connectivity index (χ4v) is 3.97. The average molecular weight is 369 g/mol. The smallest absolute Gasteiger partial charge is 0.275 e. The Balaban J connectivity index is 1.58. The third kappa shape index (κ3) is 3.24. The van der Waals surface area contributed by atoms with Crippen molar-refractivity contribution in [3.8, 4) is 15.6 Å². The molecule has 0 saturated carbocycles. The van der Waals surface area contributed by atoms with Crippen molar-refractivity contribution in [3.05, 3.63) is 77.1 Å². The first-order valence-corrected chi connectivity index (χ1v) is 9.20. The lowest BCUT2D eigenvalue weighted by molar-refractivity contribution is 0.102. The third-order valence-corrected chi connectivity index (χ3v) is 5.45. The zero-order valence-electron chi connectivity index (χ0n) is 12.8. The van der Waals surface area contributed by atoms with Crippen molar-refractivity contribution in [3.63, 3.8) is 0 Å². The van der Waals surface area contributed by atoms with E-state index in [0.29, 0.717) is 0 Å². The van der Waals surface area contributed by atoms with E-state index >= 15 is 0 Å². The van der Waals surface area contributed by atoms with E-state index in [4.69, 9.17) is 0 Å². The van der Waals surface area contributed by atoms with E-state index in [2.05, 4.69) is 10.3 Å². The molecule has 0 aliphatic heterocycles. The number of aromatic nitrogens is 2. The molecule has 0 atom stereocenters. The summed E-state index contributed by atoms with van der Waals surface area (Å²) in [6.45, 7) is 0. The maximum Gasteiger partial charge on any atom is 0.275 e. The number of nitrogens with one attached hydrogen (secondary N) is 1. The van der Waals surface area contributed by atoms with Crippen LogP contribution in [-0.2, 0) is 0 Å². The van der Waals surface area contributed by atoms with Gasteiger partial charge in [0.15, 0.2) is 0 Å². The van der Waals surface area contributed by atoms with Gasteiger partial charge in [0.05, 0.1) is 10.6 Å². The van der Waals surface area contributed by atoms with Crippen LogP contribution in [0, 0.1) is 5.82 Å². The number of hydrogen-bond donors (Lipinski definition) is 1. The van der Waals surface area contributed by atoms with E-state index in [0.717, 1.165) is 15.6 Å². The zero-order chi connectivity index (χ0) is 17.2. The Morgan fingerprint density at radius 3 is 2.72 bits per heavy atom. The van der Waals surface area contributed by atoms with Crippen molar-refractivity contribution in [1.82, 2.24) is 9.55 Å². The highest BCUT2D eigenvalue weighted by Crippen LogP contribution is 2.28. The molecule has 3 heterocycles. The number of hydrogen-bond acceptors (Lipinski definition) is 4. The van der Waals surface area contributed by atoms with Crippen LogP contribution in [0.4, 0.5) is 10.1 Å². The van der Waals surface area contributed by atoms with Crippen LogP contribution in [0.15, 0.2) is 65.6 Å². The van der Waals surface area contributed by atoms with Crippen LogP contribution < -0.4 is 5.32 Å². The summed E-state index contributed by atoms with van der Waals surface area (Å²) < 4.78 is 15.9. The SMILES string of the molecule is O=C(Nc1cc(-n2cccc2)ccc1F)c1csc(-c2cccs2)n1. The third-order valence-electron chi connectivity index (χ3n) is 3.57. The molecular weight excluding hydrogens is 357 g/mol. The highest BCUT2D eigenvalue weighted by Gasteiger charge is 2.15. The van der Waals surface area contributed by atoms with Crippen LogP contribution >= 0.6 is 22.7 Å². The highest BCUT2D eigenvalue weighted by molar-refractivity contribution is 7.20. The fourth-order valence-electron chi connectivity index (χ4n) is 2.35. The summed E-state index contributed by atoms with van der Waals surface area (Å²) in [5.41, 5.74) is 1.17. The number of halogens is 1. The first-order valence-electron chi connectivity index (χ1n) is 7.44. The molecule has 3 aromatic heterocycles. The molecule has 0 bridgehead atoms. The number of thiazole rings is 1. The van der Waals surface area contributed by atoms with Gasteiger partial charge in [-0.05, 0) is 41.8 Å². The van der Waals surface area contributed by atoms with Crippen molar-refractivity contribution in [2.45, 2.75) is 0 Å². The predicted molar refractivity (Wildman–Crippen MR) is 99.1 cm³/mol. The molecule has 124 valence electrons. The molecule has 25 heavy (non-hydrogen) atoms. The maximum absolute atomic E-state index is 14.1. The number of anilines is 1. The van der Waals surface area contributed by atoms with Gasteiger partial charge in [0, 0.05) is 23.5 Å². The summed E-state index contributed by atoms with van der Waals surface area (Å²) in [5, 5.41) is 7.02. The lowest BCUT2D eigenvalue weighted by Gasteiger charge is -2.08. The van der Waals surface area contributed by atoms with Crippen LogP contribution in [0.3, 0.4) is 0 Å². The van der Waals surface area contributed by atoms with Gasteiger partial charge in [0.1, 0.15) is 16.5 Å². The Hall–Kier alpha value is -2.77. The second-order valence-electron chi connectivity index (χ2n) is 5.22. The summed E-state index contributed by atoms with van der Waals surface area (Å²) in [6.07, 6.45) is 3.71. The topological polar surface area (TPSA) is 46.9 Å². The molecular formula is C18H12FN3OS2. The molecule has 0 spiro atoms. The molecule has 0 fully saturated rings. The number of benzene rings is 1. The molecule has 0 aliphatic rings. The molecule has 0 aliphatic carbocycles. The fraction of sp³-hybridized carbons (Fsp3) is 0. The van der Waals surface area contributed by atoms with E-state index < -0.39 is 11.7 Å². The lowest BCUT2D eigenvalue weighted by Crippen LogP contribution is -2.13. The first kappa shape index (κ1) is 15.7. The molecule has 4 rings (SSSR count). The second kappa shape index (κ2) is 6.62. The number of thiophene rings is 1. The van der Waals surface area contributed by atoms with Gasteiger partial charge in [-0.3, -0.25) is 4.79 Å². The van der Waals surface area contributed by atoms with Crippen LogP contribution in [-0.4, -0.2) is 15.5 Å². The van der Waals surface area contributed by atoms with Crippen molar-refractivity contribution >= 4 is 34.3 Å². The van der Waals surface area contributed by atoms with Gasteiger partial charge in [0.2, 0.25) is 0 Å². The molecule has 1 amide bonds. The van der Waals surface area contributed by atoms with Crippen molar-refractivity contribution in [1.29, 1.82) is 0 Å². The minimum Gasteiger partial charge on any atom is -0.324 e. The first-order chi connectivity index (χ1) is 12.2. The summed E-state index contributed by atoms with van der Waals surface area (Å²) in [5.74, 6) is -0.916. The molecule has 0 saturated heterocycles. The van der Waals surface area contributed by atoms with Gasteiger partial charge in [0.25, 0.3) is 5.91 Å². The Labute approximate surface area is 151 Å². The van der Waals surface area contributed by atoms with Gasteiger partial charge < -0.3 is 9.88 Å². The normalized spacial score (nSPS) is 10.8. The maximum atomic E-state index is 14.1. The molecule has 0 radical (unpaired) electrons. The van der Waals surface area contributed by atoms with Gasteiger partial charge in [-0.15, -0.1) is 22.7 Å². The minimum atomic E-state index is -0.488. The van der Waals surface area contributed by atoms with Gasteiger partial charge in [-0.1, -0.05) is 6.07 Å². The highest BCUT2D eigenvalue weighted by atomic mass is 32.1. The Kier molecular flexibility index (Phi) is 4.17. The van der Waals surface area contributed by atoms with E-state index in [1.807, 2.05) is 46.6 Å². The van der Waals surface area contributed by atoms with Gasteiger partial charge in [-0.25, -0.2) is 9.37 Å². The number of carbonyl (C=O) groups is 1. The second-order valence-corrected chi connectivity index (χ2v) is 7.03. The molecule has 4 aromatic rings. The Morgan fingerprint density at radius 2 is 1.96 bits per heavy atom. The predicted octanol–water partition coefficient (Wildman–Crippen LogP) is 5.05. The van der Waals surface area contributed by atoms with Crippen LogP contribution in [0.5, 0.6) is 0 Å². The zero-order valence-corrected chi connectivity index (χ0v) is 14.5. The average Bonchev–Trinajstić information content (AvgIpc) is 3.37. The van der Waals surface area contributed by atoms with Crippen LogP contribution in [0.25, 0.3) is 15.6 Å². The summed E-state index contributed by atoms with van der Waals surface area (Å²) >= 11 is 2.95. The number of amides is 1. The van der Waals surface area contributed by atoms with Crippen molar-refractivity contribution in [2.24, 2.45) is 0 Å². The summed E-state index contributed by atoms with van der Waals surface area (Å²) in [6, 6.07) is 12.2. The Bertz CT molecular complexity index is 1010. The molecule has 0 unspecified atom stereocenters. The van der Waals surface area contributed by atoms with Gasteiger partial charge in [-0.2, -0.15) is 0 Å². The molecule has 7 heteroatoms.